The van der Waals surface area contributed by atoms with Crippen LogP contribution in [0, 0.1) is 0 Å². The first kappa shape index (κ1) is 16.0. The third kappa shape index (κ3) is 2.26. The topological polar surface area (TPSA) is 29.3 Å². The Morgan fingerprint density at radius 2 is 1.63 bits per heavy atom. The summed E-state index contributed by atoms with van der Waals surface area (Å²) in [5.74, 6) is 0. The number of halogens is 2. The molecule has 1 unspecified atom stereocenters. The summed E-state index contributed by atoms with van der Waals surface area (Å²) in [5.41, 5.74) is 8.43. The summed E-state index contributed by atoms with van der Waals surface area (Å²) in [6.45, 7) is 0. The van der Waals surface area contributed by atoms with Crippen LogP contribution in [0.3, 0.4) is 0 Å². The lowest BCUT2D eigenvalue weighted by molar-refractivity contribution is 0.219. The van der Waals surface area contributed by atoms with Gasteiger partial charge >= 0.3 is 0 Å². The van der Waals surface area contributed by atoms with Crippen molar-refractivity contribution in [3.63, 3.8) is 0 Å². The van der Waals surface area contributed by atoms with Crippen molar-refractivity contribution in [2.24, 2.45) is 5.73 Å². The molecule has 0 saturated carbocycles. The molecule has 102 valence electrons. The molecule has 1 atom stereocenters. The summed E-state index contributed by atoms with van der Waals surface area (Å²) in [6.07, 6.45) is 4.19. The molecule has 2 aromatic rings. The molecule has 0 aromatic heterocycles. The molecule has 0 radical (unpaired) electrons. The van der Waals surface area contributed by atoms with Crippen LogP contribution in [-0.2, 0) is 5.66 Å². The maximum atomic E-state index is 6.51. The van der Waals surface area contributed by atoms with E-state index >= 15 is 0 Å². The minimum absolute atomic E-state index is 0. The lowest BCUT2D eigenvalue weighted by atomic mass is 9.86. The van der Waals surface area contributed by atoms with Gasteiger partial charge in [0.2, 0.25) is 0 Å². The van der Waals surface area contributed by atoms with Crippen molar-refractivity contribution in [2.75, 3.05) is 14.1 Å². The molecular formula is C15H18Cl2N2. The molecule has 3 rings (SSSR count). The van der Waals surface area contributed by atoms with Crippen LogP contribution in [0.4, 0.5) is 0 Å². The second kappa shape index (κ2) is 5.51. The van der Waals surface area contributed by atoms with Crippen molar-refractivity contribution >= 4 is 41.7 Å². The Bertz CT molecular complexity index is 617. The molecule has 1 aliphatic carbocycles. The lowest BCUT2D eigenvalue weighted by Crippen LogP contribution is -2.48. The highest BCUT2D eigenvalue weighted by Crippen LogP contribution is 2.36. The van der Waals surface area contributed by atoms with Crippen LogP contribution in [-0.4, -0.2) is 19.0 Å². The third-order valence-electron chi connectivity index (χ3n) is 3.63. The molecular weight excluding hydrogens is 279 g/mol. The smallest absolute Gasteiger partial charge is 0.115 e. The molecule has 1 aliphatic rings. The maximum absolute atomic E-state index is 6.51. The predicted molar refractivity (Wildman–Crippen MR) is 87.0 cm³/mol. The Kier molecular flexibility index (Phi) is 4.64. The van der Waals surface area contributed by atoms with Gasteiger partial charge in [-0.1, -0.05) is 42.5 Å². The molecule has 0 amide bonds. The zero-order chi connectivity index (χ0) is 12.0. The summed E-state index contributed by atoms with van der Waals surface area (Å²) in [4.78, 5) is 2.05. The summed E-state index contributed by atoms with van der Waals surface area (Å²) >= 11 is 0. The van der Waals surface area contributed by atoms with Crippen LogP contribution in [0.25, 0.3) is 16.8 Å². The van der Waals surface area contributed by atoms with Gasteiger partial charge in [0, 0.05) is 0 Å². The Labute approximate surface area is 126 Å². The van der Waals surface area contributed by atoms with Crippen LogP contribution < -0.4 is 5.73 Å². The molecule has 0 bridgehead atoms. The van der Waals surface area contributed by atoms with Gasteiger partial charge < -0.3 is 5.73 Å². The standard InChI is InChI=1S/C15H16N2.2ClH/c1-17(2)15(16)10-9-12-6-3-5-11-7-4-8-13(15)14(11)12;;/h3-10H,16H2,1-2H3;2*1H. The van der Waals surface area contributed by atoms with E-state index in [4.69, 9.17) is 5.73 Å². The zero-order valence-electron chi connectivity index (χ0n) is 11.0. The van der Waals surface area contributed by atoms with Crippen LogP contribution >= 0.6 is 24.8 Å². The average molecular weight is 297 g/mol. The molecule has 0 saturated heterocycles. The first-order valence-corrected chi connectivity index (χ1v) is 5.81. The van der Waals surface area contributed by atoms with Gasteiger partial charge in [-0.05, 0) is 42.1 Å². The highest BCUT2D eigenvalue weighted by atomic mass is 35.5. The zero-order valence-corrected chi connectivity index (χ0v) is 12.6. The average Bonchev–Trinajstić information content (AvgIpc) is 2.34. The molecule has 2 nitrogen and oxygen atoms in total. The van der Waals surface area contributed by atoms with Gasteiger partial charge in [-0.2, -0.15) is 0 Å². The van der Waals surface area contributed by atoms with Crippen LogP contribution in [0.15, 0.2) is 42.5 Å². The molecule has 0 fully saturated rings. The SMILES string of the molecule is CN(C)C1(N)C=Cc2cccc3cccc1c23.Cl.Cl. The molecule has 0 spiro atoms. The van der Waals surface area contributed by atoms with Crippen molar-refractivity contribution in [2.45, 2.75) is 5.66 Å². The Hall–Kier alpha value is -1.06. The number of hydrogen-bond acceptors (Lipinski definition) is 2. The second-order valence-electron chi connectivity index (χ2n) is 4.80. The van der Waals surface area contributed by atoms with Gasteiger partial charge in [-0.15, -0.1) is 24.8 Å². The van der Waals surface area contributed by atoms with Crippen molar-refractivity contribution in [3.8, 4) is 0 Å². The van der Waals surface area contributed by atoms with E-state index in [9.17, 15) is 0 Å². The second-order valence-corrected chi connectivity index (χ2v) is 4.80. The normalized spacial score (nSPS) is 20.0. The first-order chi connectivity index (χ1) is 8.13. The van der Waals surface area contributed by atoms with E-state index in [0.717, 1.165) is 0 Å². The van der Waals surface area contributed by atoms with Gasteiger partial charge in [-0.25, -0.2) is 0 Å². The van der Waals surface area contributed by atoms with Crippen molar-refractivity contribution in [1.29, 1.82) is 0 Å². The van der Waals surface area contributed by atoms with Crippen molar-refractivity contribution < 1.29 is 0 Å². The van der Waals surface area contributed by atoms with Gasteiger partial charge in [0.05, 0.1) is 0 Å². The minimum atomic E-state index is -0.506. The van der Waals surface area contributed by atoms with Gasteiger partial charge in [0.1, 0.15) is 5.66 Å². The molecule has 19 heavy (non-hydrogen) atoms. The van der Waals surface area contributed by atoms with E-state index in [-0.39, 0.29) is 24.8 Å². The fraction of sp³-hybridized carbons (Fsp3) is 0.200. The lowest BCUT2D eigenvalue weighted by Gasteiger charge is -2.37. The third-order valence-corrected chi connectivity index (χ3v) is 3.63. The fourth-order valence-corrected chi connectivity index (χ4v) is 2.54. The predicted octanol–water partition coefficient (Wildman–Crippen LogP) is 3.38. The van der Waals surface area contributed by atoms with E-state index in [1.54, 1.807) is 0 Å². The first-order valence-electron chi connectivity index (χ1n) is 5.81. The highest BCUT2D eigenvalue weighted by molar-refractivity contribution is 5.96. The van der Waals surface area contributed by atoms with Gasteiger partial charge in [0.25, 0.3) is 0 Å². The number of likely N-dealkylation sites (N-methyl/N-ethyl adjacent to an activating group) is 1. The molecule has 2 N–H and O–H groups in total. The number of hydrogen-bond donors (Lipinski definition) is 1. The molecule has 0 aliphatic heterocycles. The largest absolute Gasteiger partial charge is 0.306 e. The molecule has 4 heteroatoms. The fourth-order valence-electron chi connectivity index (χ4n) is 2.54. The van der Waals surface area contributed by atoms with Crippen molar-refractivity contribution in [3.05, 3.63) is 53.6 Å². The number of nitrogens with zero attached hydrogens (tertiary/aromatic N) is 1. The maximum Gasteiger partial charge on any atom is 0.115 e. The monoisotopic (exact) mass is 296 g/mol. The number of rotatable bonds is 1. The summed E-state index contributed by atoms with van der Waals surface area (Å²) in [5, 5.41) is 2.52. The molecule has 0 heterocycles. The quantitative estimate of drug-likeness (QED) is 0.818. The summed E-state index contributed by atoms with van der Waals surface area (Å²) < 4.78 is 0. The van der Waals surface area contributed by atoms with Crippen LogP contribution in [0.2, 0.25) is 0 Å². The van der Waals surface area contributed by atoms with Crippen molar-refractivity contribution in [1.82, 2.24) is 4.90 Å². The molecule has 2 aromatic carbocycles. The van der Waals surface area contributed by atoms with Crippen LogP contribution in [0.1, 0.15) is 11.1 Å². The highest BCUT2D eigenvalue weighted by Gasteiger charge is 2.31. The summed E-state index contributed by atoms with van der Waals surface area (Å²) in [7, 11) is 4.02. The van der Waals surface area contributed by atoms with E-state index in [0.29, 0.717) is 0 Å². The number of benzene rings is 2. The Morgan fingerprint density at radius 3 is 2.26 bits per heavy atom. The van der Waals surface area contributed by atoms with Crippen LogP contribution in [0.5, 0.6) is 0 Å². The van der Waals surface area contributed by atoms with Gasteiger partial charge in [-0.3, -0.25) is 4.90 Å². The Balaban J connectivity index is 0.000000902. The van der Waals surface area contributed by atoms with E-state index in [1.165, 1.54) is 21.9 Å². The van der Waals surface area contributed by atoms with E-state index < -0.39 is 5.66 Å². The van der Waals surface area contributed by atoms with E-state index in [2.05, 4.69) is 48.6 Å². The summed E-state index contributed by atoms with van der Waals surface area (Å²) in [6, 6.07) is 12.7. The Morgan fingerprint density at radius 1 is 1.00 bits per heavy atom. The minimum Gasteiger partial charge on any atom is -0.306 e. The number of nitrogens with two attached hydrogens (primary N) is 1. The van der Waals surface area contributed by atoms with E-state index in [1.807, 2.05) is 19.0 Å². The van der Waals surface area contributed by atoms with Gasteiger partial charge in [0.15, 0.2) is 0 Å².